The van der Waals surface area contributed by atoms with Gasteiger partial charge in [0.05, 0.1) is 17.8 Å². The number of aromatic amines is 2. The van der Waals surface area contributed by atoms with Crippen molar-refractivity contribution in [1.82, 2.24) is 29.5 Å². The number of nitrogens with one attached hydrogen (secondary N) is 3. The van der Waals surface area contributed by atoms with E-state index in [0.717, 1.165) is 18.4 Å². The fourth-order valence-corrected chi connectivity index (χ4v) is 3.34. The molecule has 1 fully saturated rings. The minimum atomic E-state index is -0.494. The summed E-state index contributed by atoms with van der Waals surface area (Å²) in [5.41, 5.74) is 1.40. The third kappa shape index (κ3) is 3.79. The highest BCUT2D eigenvalue weighted by molar-refractivity contribution is 5.57. The van der Waals surface area contributed by atoms with Gasteiger partial charge in [0.1, 0.15) is 5.69 Å². The molecule has 3 heterocycles. The van der Waals surface area contributed by atoms with Crippen LogP contribution in [-0.2, 0) is 5.54 Å². The summed E-state index contributed by atoms with van der Waals surface area (Å²) in [4.78, 5) is 30.3. The summed E-state index contributed by atoms with van der Waals surface area (Å²) in [6, 6.07) is 10.3. The summed E-state index contributed by atoms with van der Waals surface area (Å²) in [6.07, 6.45) is 5.27. The van der Waals surface area contributed by atoms with Crippen LogP contribution in [0.1, 0.15) is 37.9 Å². The van der Waals surface area contributed by atoms with E-state index in [4.69, 9.17) is 0 Å². The fraction of sp³-hybridized carbons (Fsp3) is 0.286. The van der Waals surface area contributed by atoms with Crippen LogP contribution in [0.15, 0.2) is 46.3 Å². The monoisotopic (exact) mass is 418 g/mol. The molecular weight excluding hydrogens is 396 g/mol. The molecule has 1 aliphatic rings. The van der Waals surface area contributed by atoms with Gasteiger partial charge in [-0.25, -0.2) is 9.79 Å². The number of rotatable bonds is 5. The van der Waals surface area contributed by atoms with Crippen molar-refractivity contribution >= 4 is 17.7 Å². The van der Waals surface area contributed by atoms with Gasteiger partial charge in [0.2, 0.25) is 11.8 Å². The predicted molar refractivity (Wildman–Crippen MR) is 114 cm³/mol. The number of hydrogen-bond acceptors (Lipinski definition) is 7. The van der Waals surface area contributed by atoms with Gasteiger partial charge in [0.25, 0.3) is 5.62 Å². The van der Waals surface area contributed by atoms with Gasteiger partial charge in [-0.1, -0.05) is 30.3 Å². The summed E-state index contributed by atoms with van der Waals surface area (Å²) in [7, 11) is 0. The Bertz CT molecular complexity index is 1430. The van der Waals surface area contributed by atoms with E-state index in [2.05, 4.69) is 49.2 Å². The molecule has 0 aliphatic heterocycles. The third-order valence-corrected chi connectivity index (χ3v) is 5.18. The molecule has 1 aromatic carbocycles. The molecule has 3 aromatic heterocycles. The molecule has 0 amide bonds. The van der Waals surface area contributed by atoms with Crippen molar-refractivity contribution in [1.29, 1.82) is 0 Å². The number of nitrogens with zero attached hydrogens (tertiary/aromatic N) is 5. The van der Waals surface area contributed by atoms with Crippen LogP contribution in [0.5, 0.6) is 5.88 Å². The molecule has 31 heavy (non-hydrogen) atoms. The molecular formula is C21H22N8O2. The highest BCUT2D eigenvalue weighted by Crippen LogP contribution is 2.24. The second-order valence-electron chi connectivity index (χ2n) is 8.14. The Hall–Kier alpha value is -3.95. The molecule has 158 valence electrons. The van der Waals surface area contributed by atoms with Gasteiger partial charge in [0, 0.05) is 5.22 Å². The van der Waals surface area contributed by atoms with Gasteiger partial charge in [-0.15, -0.1) is 0 Å². The number of benzene rings is 1. The van der Waals surface area contributed by atoms with Crippen LogP contribution in [0.25, 0.3) is 11.7 Å². The molecule has 0 bridgehead atoms. The number of imidazole rings is 1. The number of fused-ring (bicyclic) bond motifs is 1. The molecule has 0 radical (unpaired) electrons. The smallest absolute Gasteiger partial charge is 0.326 e. The van der Waals surface area contributed by atoms with Crippen molar-refractivity contribution < 1.29 is 5.11 Å². The predicted octanol–water partition coefficient (Wildman–Crippen LogP) is 0.804. The minimum Gasteiger partial charge on any atom is -0.493 e. The Morgan fingerprint density at radius 3 is 2.68 bits per heavy atom. The Kier molecular flexibility index (Phi) is 4.35. The van der Waals surface area contributed by atoms with Crippen LogP contribution >= 0.6 is 0 Å². The minimum absolute atomic E-state index is 0.245. The molecule has 0 atom stereocenters. The summed E-state index contributed by atoms with van der Waals surface area (Å²) in [5, 5.41) is 18.3. The first-order chi connectivity index (χ1) is 14.9. The lowest BCUT2D eigenvalue weighted by Gasteiger charge is -2.26. The number of hydrogen-bond donors (Lipinski definition) is 4. The Morgan fingerprint density at radius 2 is 2.00 bits per heavy atom. The maximum atomic E-state index is 11.5. The second-order valence-corrected chi connectivity index (χ2v) is 8.14. The molecule has 0 saturated heterocycles. The molecule has 5 rings (SSSR count). The number of aromatic hydroxyl groups is 1. The lowest BCUT2D eigenvalue weighted by Crippen LogP contribution is -2.32. The van der Waals surface area contributed by atoms with Gasteiger partial charge in [-0.05, 0) is 38.3 Å². The molecule has 10 nitrogen and oxygen atoms in total. The van der Waals surface area contributed by atoms with E-state index in [1.54, 1.807) is 16.8 Å². The number of anilines is 1. The zero-order valence-corrected chi connectivity index (χ0v) is 17.1. The van der Waals surface area contributed by atoms with Gasteiger partial charge in [-0.3, -0.25) is 4.98 Å². The van der Waals surface area contributed by atoms with Crippen molar-refractivity contribution in [2.24, 2.45) is 4.99 Å². The van der Waals surface area contributed by atoms with Crippen molar-refractivity contribution in [2.45, 2.75) is 38.3 Å². The van der Waals surface area contributed by atoms with E-state index < -0.39 is 11.2 Å². The maximum absolute atomic E-state index is 11.5. The molecule has 0 unspecified atom stereocenters. The third-order valence-electron chi connectivity index (χ3n) is 5.18. The zero-order valence-electron chi connectivity index (χ0n) is 17.1. The summed E-state index contributed by atoms with van der Waals surface area (Å²) < 4.78 is 1.58. The molecule has 1 aliphatic carbocycles. The second kappa shape index (κ2) is 7.08. The Morgan fingerprint density at radius 1 is 1.23 bits per heavy atom. The number of aromatic nitrogens is 6. The quantitative estimate of drug-likeness (QED) is 0.379. The van der Waals surface area contributed by atoms with E-state index in [1.165, 1.54) is 0 Å². The topological polar surface area (TPSA) is 136 Å². The Labute approximate surface area is 176 Å². The summed E-state index contributed by atoms with van der Waals surface area (Å²) in [5.74, 6) is 0.174. The SMILES string of the molecule is CC(C)(Nc1nc(=NC2CC2)n2nc/c(=C\c3[nH]c(=O)[nH]c3O)c2n1)c1ccccc1. The molecule has 1 saturated carbocycles. The van der Waals surface area contributed by atoms with Crippen LogP contribution in [0, 0.1) is 0 Å². The van der Waals surface area contributed by atoms with E-state index in [1.807, 2.05) is 30.3 Å². The van der Waals surface area contributed by atoms with Crippen LogP contribution in [0.2, 0.25) is 0 Å². The van der Waals surface area contributed by atoms with E-state index in [0.29, 0.717) is 22.4 Å². The Balaban J connectivity index is 1.66. The molecule has 0 spiro atoms. The van der Waals surface area contributed by atoms with E-state index in [9.17, 15) is 9.90 Å². The highest BCUT2D eigenvalue weighted by Gasteiger charge is 2.23. The first-order valence-corrected chi connectivity index (χ1v) is 10.1. The van der Waals surface area contributed by atoms with Gasteiger partial charge >= 0.3 is 5.69 Å². The van der Waals surface area contributed by atoms with Crippen molar-refractivity contribution in [2.75, 3.05) is 5.32 Å². The standard InChI is InChI=1S/C21H22N8O2/c1-21(2,13-6-4-3-5-7-13)28-18-25-16-12(10-15-17(30)26-20(31)24-15)11-22-29(16)19(27-18)23-14-8-9-14/h3-7,10-11,14,30H,8-9H2,1-2H3,(H,23,27,28)(H2,24,26,31)/b12-10+. The lowest BCUT2D eigenvalue weighted by molar-refractivity contribution is 0.454. The van der Waals surface area contributed by atoms with Gasteiger partial charge in [0.15, 0.2) is 5.65 Å². The average Bonchev–Trinajstić information content (AvgIpc) is 3.37. The lowest BCUT2D eigenvalue weighted by atomic mass is 9.95. The first-order valence-electron chi connectivity index (χ1n) is 10.1. The first kappa shape index (κ1) is 19.0. The van der Waals surface area contributed by atoms with E-state index >= 15 is 0 Å². The van der Waals surface area contributed by atoms with Crippen LogP contribution in [-0.4, -0.2) is 40.7 Å². The van der Waals surface area contributed by atoms with Crippen LogP contribution < -0.4 is 21.8 Å². The summed E-state index contributed by atoms with van der Waals surface area (Å²) >= 11 is 0. The molecule has 4 N–H and O–H groups in total. The van der Waals surface area contributed by atoms with Crippen LogP contribution in [0.4, 0.5) is 5.95 Å². The van der Waals surface area contributed by atoms with Gasteiger partial charge in [-0.2, -0.15) is 19.6 Å². The zero-order chi connectivity index (χ0) is 21.6. The van der Waals surface area contributed by atoms with Crippen molar-refractivity contribution in [3.8, 4) is 5.88 Å². The average molecular weight is 418 g/mol. The van der Waals surface area contributed by atoms with Gasteiger partial charge < -0.3 is 15.4 Å². The van der Waals surface area contributed by atoms with Crippen molar-refractivity contribution in [3.63, 3.8) is 0 Å². The fourth-order valence-electron chi connectivity index (χ4n) is 3.34. The number of H-pyrrole nitrogens is 2. The molecule has 4 aromatic rings. The molecule has 10 heteroatoms. The largest absolute Gasteiger partial charge is 0.493 e. The highest BCUT2D eigenvalue weighted by atomic mass is 16.3. The van der Waals surface area contributed by atoms with Crippen molar-refractivity contribution in [3.05, 3.63) is 69.1 Å². The summed E-state index contributed by atoms with van der Waals surface area (Å²) in [6.45, 7) is 4.11. The van der Waals surface area contributed by atoms with E-state index in [-0.39, 0.29) is 17.6 Å². The normalized spacial score (nSPS) is 15.7. The maximum Gasteiger partial charge on any atom is 0.326 e. The van der Waals surface area contributed by atoms with Crippen LogP contribution in [0.3, 0.4) is 0 Å².